The fourth-order valence-corrected chi connectivity index (χ4v) is 9.60. The van der Waals surface area contributed by atoms with Crippen LogP contribution in [-0.2, 0) is 0 Å². The molecule has 12 rings (SSSR count). The van der Waals surface area contributed by atoms with Crippen molar-refractivity contribution in [2.45, 2.75) is 0 Å². The fraction of sp³-hybridized carbons (Fsp3) is 0. The largest absolute Gasteiger partial charge is 0.455 e. The van der Waals surface area contributed by atoms with E-state index < -0.39 is 0 Å². The highest BCUT2D eigenvalue weighted by molar-refractivity contribution is 6.29. The van der Waals surface area contributed by atoms with E-state index in [1.54, 1.807) is 0 Å². The van der Waals surface area contributed by atoms with Crippen LogP contribution in [0.3, 0.4) is 0 Å². The Labute approximate surface area is 372 Å². The summed E-state index contributed by atoms with van der Waals surface area (Å²) in [5.41, 5.74) is 14.5. The molecule has 12 aromatic rings. The fourth-order valence-electron chi connectivity index (χ4n) is 9.60. The van der Waals surface area contributed by atoms with Crippen LogP contribution < -0.4 is 4.90 Å². The van der Waals surface area contributed by atoms with Gasteiger partial charge in [-0.15, -0.1) is 0 Å². The first-order valence-electron chi connectivity index (χ1n) is 21.9. The van der Waals surface area contributed by atoms with E-state index in [9.17, 15) is 0 Å². The van der Waals surface area contributed by atoms with Crippen LogP contribution in [-0.4, -0.2) is 0 Å². The van der Waals surface area contributed by atoms with Crippen LogP contribution in [0, 0.1) is 0 Å². The van der Waals surface area contributed by atoms with Gasteiger partial charge in [-0.05, 0) is 108 Å². The molecule has 2 nitrogen and oxygen atoms in total. The number of hydrogen-bond donors (Lipinski definition) is 0. The molecule has 0 spiro atoms. The monoisotopic (exact) mass is 815 g/mol. The number of fused-ring (bicyclic) bond motifs is 7. The minimum absolute atomic E-state index is 0.882. The zero-order valence-electron chi connectivity index (χ0n) is 35.0. The van der Waals surface area contributed by atoms with Crippen molar-refractivity contribution in [1.29, 1.82) is 0 Å². The SMILES string of the molecule is c1ccc(-c2ccc(N(c3ccc(-c4cccc5ccccc45)cc3)c3cccc(-c4ccc5c6ccccc6c6oc(-c7ccccc7)c(-c7ccccc7)c6c5c4)c3)cc2)cc1. The quantitative estimate of drug-likeness (QED) is 0.142. The van der Waals surface area contributed by atoms with E-state index in [0.717, 1.165) is 67.0 Å². The third kappa shape index (κ3) is 6.52. The summed E-state index contributed by atoms with van der Waals surface area (Å²) in [6.07, 6.45) is 0. The molecule has 0 aliphatic carbocycles. The Hall–Kier alpha value is -8.46. The van der Waals surface area contributed by atoms with Crippen molar-refractivity contribution in [2.24, 2.45) is 0 Å². The van der Waals surface area contributed by atoms with Gasteiger partial charge in [0.05, 0.1) is 0 Å². The maximum atomic E-state index is 7.04. The zero-order valence-corrected chi connectivity index (χ0v) is 35.0. The lowest BCUT2D eigenvalue weighted by atomic mass is 9.90. The summed E-state index contributed by atoms with van der Waals surface area (Å²) in [6.45, 7) is 0. The number of benzene rings is 11. The van der Waals surface area contributed by atoms with Gasteiger partial charge in [0.1, 0.15) is 11.3 Å². The van der Waals surface area contributed by atoms with Crippen molar-refractivity contribution in [3.05, 3.63) is 249 Å². The summed E-state index contributed by atoms with van der Waals surface area (Å²) < 4.78 is 7.04. The summed E-state index contributed by atoms with van der Waals surface area (Å²) in [5.74, 6) is 0.882. The molecule has 0 N–H and O–H groups in total. The van der Waals surface area contributed by atoms with Crippen molar-refractivity contribution < 1.29 is 4.42 Å². The lowest BCUT2D eigenvalue weighted by molar-refractivity contribution is 0.636. The van der Waals surface area contributed by atoms with E-state index in [4.69, 9.17) is 4.42 Å². The summed E-state index contributed by atoms with van der Waals surface area (Å²) in [4.78, 5) is 2.37. The predicted molar refractivity (Wildman–Crippen MR) is 271 cm³/mol. The molecular weight excluding hydrogens is 775 g/mol. The van der Waals surface area contributed by atoms with Crippen LogP contribution in [0.4, 0.5) is 17.1 Å². The minimum atomic E-state index is 0.882. The molecule has 0 bridgehead atoms. The molecule has 1 heterocycles. The first-order chi connectivity index (χ1) is 31.7. The Bertz CT molecular complexity index is 3620. The Kier molecular flexibility index (Phi) is 9.20. The predicted octanol–water partition coefficient (Wildman–Crippen LogP) is 17.7. The molecule has 0 unspecified atom stereocenters. The maximum absolute atomic E-state index is 7.04. The second-order valence-electron chi connectivity index (χ2n) is 16.4. The van der Waals surface area contributed by atoms with Gasteiger partial charge in [0.2, 0.25) is 0 Å². The Morgan fingerprint density at radius 2 is 0.781 bits per heavy atom. The standard InChI is InChI=1S/C62H41NO/c1-4-16-42(17-5-1)43-30-35-50(36-31-43)63(51-37-32-45(33-38-51)54-29-15-23-44-18-10-11-26-53(44)54)52-25-14-24-48(40-52)49-34-39-56-55-27-12-13-28-57(55)62-60(58(56)41-49)59(46-19-6-2-7-20-46)61(64-62)47-21-8-3-9-22-47/h1-41H. The van der Waals surface area contributed by atoms with Crippen LogP contribution >= 0.6 is 0 Å². The number of furan rings is 1. The van der Waals surface area contributed by atoms with E-state index in [2.05, 4.69) is 254 Å². The first-order valence-corrected chi connectivity index (χ1v) is 21.9. The highest BCUT2D eigenvalue weighted by Gasteiger charge is 2.23. The Morgan fingerprint density at radius 3 is 1.50 bits per heavy atom. The average molecular weight is 816 g/mol. The van der Waals surface area contributed by atoms with Crippen LogP contribution in [0.15, 0.2) is 253 Å². The first kappa shape index (κ1) is 37.3. The smallest absolute Gasteiger partial charge is 0.143 e. The van der Waals surface area contributed by atoms with Crippen LogP contribution in [0.25, 0.3) is 99.1 Å². The van der Waals surface area contributed by atoms with Crippen LogP contribution in [0.2, 0.25) is 0 Å². The van der Waals surface area contributed by atoms with Gasteiger partial charge < -0.3 is 9.32 Å². The van der Waals surface area contributed by atoms with Crippen LogP contribution in [0.1, 0.15) is 0 Å². The summed E-state index contributed by atoms with van der Waals surface area (Å²) in [5, 5.41) is 8.27. The third-order valence-electron chi connectivity index (χ3n) is 12.7. The van der Waals surface area contributed by atoms with Crippen molar-refractivity contribution in [1.82, 2.24) is 0 Å². The zero-order chi connectivity index (χ0) is 42.4. The van der Waals surface area contributed by atoms with E-state index in [-0.39, 0.29) is 0 Å². The van der Waals surface area contributed by atoms with Crippen LogP contribution in [0.5, 0.6) is 0 Å². The van der Waals surface area contributed by atoms with E-state index in [1.165, 1.54) is 49.2 Å². The number of hydrogen-bond acceptors (Lipinski definition) is 2. The molecule has 0 aliphatic heterocycles. The lowest BCUT2D eigenvalue weighted by Gasteiger charge is -2.26. The van der Waals surface area contributed by atoms with Crippen molar-refractivity contribution in [2.75, 3.05) is 4.90 Å². The van der Waals surface area contributed by atoms with Crippen molar-refractivity contribution in [3.8, 4) is 55.8 Å². The van der Waals surface area contributed by atoms with Gasteiger partial charge in [0, 0.05) is 39.0 Å². The Balaban J connectivity index is 1.03. The van der Waals surface area contributed by atoms with E-state index in [1.807, 2.05) is 0 Å². The van der Waals surface area contributed by atoms with Gasteiger partial charge in [-0.1, -0.05) is 206 Å². The minimum Gasteiger partial charge on any atom is -0.455 e. The van der Waals surface area contributed by atoms with Gasteiger partial charge in [-0.2, -0.15) is 0 Å². The number of rotatable bonds is 8. The van der Waals surface area contributed by atoms with Gasteiger partial charge in [0.25, 0.3) is 0 Å². The molecule has 0 radical (unpaired) electrons. The van der Waals surface area contributed by atoms with Gasteiger partial charge in [-0.25, -0.2) is 0 Å². The summed E-state index contributed by atoms with van der Waals surface area (Å²) in [6, 6.07) is 89.4. The van der Waals surface area contributed by atoms with E-state index in [0.29, 0.717) is 0 Å². The lowest BCUT2D eigenvalue weighted by Crippen LogP contribution is -2.10. The second kappa shape index (κ2) is 15.8. The Morgan fingerprint density at radius 1 is 0.281 bits per heavy atom. The molecule has 0 amide bonds. The van der Waals surface area contributed by atoms with Gasteiger partial charge in [0.15, 0.2) is 0 Å². The third-order valence-corrected chi connectivity index (χ3v) is 12.7. The summed E-state index contributed by atoms with van der Waals surface area (Å²) >= 11 is 0. The van der Waals surface area contributed by atoms with Crippen molar-refractivity contribution >= 4 is 60.3 Å². The van der Waals surface area contributed by atoms with E-state index >= 15 is 0 Å². The molecule has 0 aliphatic rings. The normalized spacial score (nSPS) is 11.4. The molecule has 1 aromatic heterocycles. The topological polar surface area (TPSA) is 16.4 Å². The molecule has 0 saturated carbocycles. The molecular formula is C62H41NO. The highest BCUT2D eigenvalue weighted by Crippen LogP contribution is 2.48. The van der Waals surface area contributed by atoms with Crippen molar-refractivity contribution in [3.63, 3.8) is 0 Å². The van der Waals surface area contributed by atoms with Gasteiger partial charge >= 0.3 is 0 Å². The number of anilines is 3. The maximum Gasteiger partial charge on any atom is 0.143 e. The summed E-state index contributed by atoms with van der Waals surface area (Å²) in [7, 11) is 0. The molecule has 0 fully saturated rings. The number of nitrogens with zero attached hydrogens (tertiary/aromatic N) is 1. The van der Waals surface area contributed by atoms with Gasteiger partial charge in [-0.3, -0.25) is 0 Å². The average Bonchev–Trinajstić information content (AvgIpc) is 3.79. The second-order valence-corrected chi connectivity index (χ2v) is 16.4. The molecule has 64 heavy (non-hydrogen) atoms. The molecule has 300 valence electrons. The molecule has 2 heteroatoms. The molecule has 0 atom stereocenters. The molecule has 11 aromatic carbocycles. The highest BCUT2D eigenvalue weighted by atomic mass is 16.3. The molecule has 0 saturated heterocycles.